The highest BCUT2D eigenvalue weighted by Crippen LogP contribution is 2.26. The molecule has 2 aromatic carbocycles. The molecular formula is C20H23NO4. The SMILES string of the molecule is CCOC(=O)c1ccccc1N(CC)C(=O)c1ccccc1OCC. The number of carbonyl (C=O) groups is 2. The summed E-state index contributed by atoms with van der Waals surface area (Å²) >= 11 is 0. The molecule has 0 unspecified atom stereocenters. The predicted molar refractivity (Wildman–Crippen MR) is 97.4 cm³/mol. The van der Waals surface area contributed by atoms with Crippen LogP contribution in [-0.2, 0) is 4.74 Å². The number of benzene rings is 2. The van der Waals surface area contributed by atoms with Crippen LogP contribution in [0.15, 0.2) is 48.5 Å². The third-order valence-electron chi connectivity index (χ3n) is 3.67. The van der Waals surface area contributed by atoms with Crippen molar-refractivity contribution in [3.05, 3.63) is 59.7 Å². The van der Waals surface area contributed by atoms with Crippen molar-refractivity contribution in [2.45, 2.75) is 20.8 Å². The average molecular weight is 341 g/mol. The maximum atomic E-state index is 13.1. The molecule has 25 heavy (non-hydrogen) atoms. The molecule has 0 saturated carbocycles. The molecule has 5 nitrogen and oxygen atoms in total. The summed E-state index contributed by atoms with van der Waals surface area (Å²) in [5, 5.41) is 0. The minimum atomic E-state index is -0.442. The maximum Gasteiger partial charge on any atom is 0.340 e. The number of amides is 1. The van der Waals surface area contributed by atoms with Crippen molar-refractivity contribution >= 4 is 17.6 Å². The molecule has 1 amide bonds. The zero-order chi connectivity index (χ0) is 18.2. The number of esters is 1. The second-order valence-corrected chi connectivity index (χ2v) is 5.22. The molecule has 0 aliphatic carbocycles. The fourth-order valence-corrected chi connectivity index (χ4v) is 2.58. The second-order valence-electron chi connectivity index (χ2n) is 5.22. The Kier molecular flexibility index (Phi) is 6.57. The van der Waals surface area contributed by atoms with Gasteiger partial charge in [0.05, 0.1) is 30.0 Å². The van der Waals surface area contributed by atoms with Crippen LogP contribution in [0.1, 0.15) is 41.5 Å². The van der Waals surface area contributed by atoms with Crippen LogP contribution in [0.3, 0.4) is 0 Å². The first kappa shape index (κ1) is 18.5. The van der Waals surface area contributed by atoms with Gasteiger partial charge >= 0.3 is 5.97 Å². The van der Waals surface area contributed by atoms with Crippen LogP contribution < -0.4 is 9.64 Å². The topological polar surface area (TPSA) is 55.8 Å². The smallest absolute Gasteiger partial charge is 0.340 e. The highest BCUT2D eigenvalue weighted by Gasteiger charge is 2.24. The summed E-state index contributed by atoms with van der Waals surface area (Å²) in [5.74, 6) is -0.132. The van der Waals surface area contributed by atoms with Crippen molar-refractivity contribution in [2.24, 2.45) is 0 Å². The van der Waals surface area contributed by atoms with E-state index in [1.807, 2.05) is 19.9 Å². The average Bonchev–Trinajstić information content (AvgIpc) is 2.63. The number of carbonyl (C=O) groups excluding carboxylic acids is 2. The minimum Gasteiger partial charge on any atom is -0.493 e. The van der Waals surface area contributed by atoms with Crippen molar-refractivity contribution in [2.75, 3.05) is 24.7 Å². The van der Waals surface area contributed by atoms with Crippen molar-refractivity contribution in [1.29, 1.82) is 0 Å². The van der Waals surface area contributed by atoms with E-state index >= 15 is 0 Å². The van der Waals surface area contributed by atoms with Gasteiger partial charge in [0.25, 0.3) is 5.91 Å². The van der Waals surface area contributed by atoms with Crippen LogP contribution in [-0.4, -0.2) is 31.6 Å². The van der Waals surface area contributed by atoms with Gasteiger partial charge in [0, 0.05) is 6.54 Å². The Bertz CT molecular complexity index is 742. The Morgan fingerprint density at radius 1 is 0.880 bits per heavy atom. The van der Waals surface area contributed by atoms with Gasteiger partial charge in [-0.1, -0.05) is 24.3 Å². The first-order valence-corrected chi connectivity index (χ1v) is 8.43. The number of ether oxygens (including phenoxy) is 2. The first-order chi connectivity index (χ1) is 12.1. The third-order valence-corrected chi connectivity index (χ3v) is 3.67. The van der Waals surface area contributed by atoms with Crippen LogP contribution in [0.25, 0.3) is 0 Å². The highest BCUT2D eigenvalue weighted by molar-refractivity contribution is 6.10. The molecule has 0 atom stereocenters. The zero-order valence-corrected chi connectivity index (χ0v) is 14.8. The fourth-order valence-electron chi connectivity index (χ4n) is 2.58. The van der Waals surface area contributed by atoms with E-state index in [2.05, 4.69) is 0 Å². The largest absolute Gasteiger partial charge is 0.493 e. The lowest BCUT2D eigenvalue weighted by atomic mass is 10.1. The standard InChI is InChI=1S/C20H23NO4/c1-4-21(17-13-9-7-11-15(17)20(23)25-6-3)19(22)16-12-8-10-14-18(16)24-5-2/h7-14H,4-6H2,1-3H3. The Balaban J connectivity index is 2.44. The highest BCUT2D eigenvalue weighted by atomic mass is 16.5. The normalized spacial score (nSPS) is 10.2. The maximum absolute atomic E-state index is 13.1. The van der Waals surface area contributed by atoms with E-state index in [4.69, 9.17) is 9.47 Å². The second kappa shape index (κ2) is 8.87. The Labute approximate surface area is 148 Å². The Hall–Kier alpha value is -2.82. The lowest BCUT2D eigenvalue weighted by Crippen LogP contribution is -2.32. The Morgan fingerprint density at radius 2 is 1.52 bits per heavy atom. The summed E-state index contributed by atoms with van der Waals surface area (Å²) in [6.45, 7) is 6.64. The summed E-state index contributed by atoms with van der Waals surface area (Å²) in [6.07, 6.45) is 0. The molecule has 0 radical (unpaired) electrons. The molecule has 2 rings (SSSR count). The Morgan fingerprint density at radius 3 is 2.16 bits per heavy atom. The van der Waals surface area contributed by atoms with Crippen LogP contribution >= 0.6 is 0 Å². The van der Waals surface area contributed by atoms with Gasteiger partial charge in [-0.25, -0.2) is 4.79 Å². The monoisotopic (exact) mass is 341 g/mol. The molecule has 0 bridgehead atoms. The summed E-state index contributed by atoms with van der Waals surface area (Å²) in [6, 6.07) is 14.1. The van der Waals surface area contributed by atoms with Crippen molar-refractivity contribution in [3.63, 3.8) is 0 Å². The van der Waals surface area contributed by atoms with Crippen molar-refractivity contribution in [1.82, 2.24) is 0 Å². The molecule has 0 spiro atoms. The molecule has 0 N–H and O–H groups in total. The molecule has 5 heteroatoms. The van der Waals surface area contributed by atoms with Crippen molar-refractivity contribution in [3.8, 4) is 5.75 Å². The molecule has 0 aliphatic heterocycles. The van der Waals surface area contributed by atoms with Gasteiger partial charge < -0.3 is 14.4 Å². The fraction of sp³-hybridized carbons (Fsp3) is 0.300. The lowest BCUT2D eigenvalue weighted by molar-refractivity contribution is 0.0527. The quantitative estimate of drug-likeness (QED) is 0.716. The van der Waals surface area contributed by atoms with E-state index in [-0.39, 0.29) is 12.5 Å². The lowest BCUT2D eigenvalue weighted by Gasteiger charge is -2.24. The molecule has 2 aromatic rings. The van der Waals surface area contributed by atoms with Gasteiger partial charge in [-0.3, -0.25) is 4.79 Å². The van der Waals surface area contributed by atoms with Gasteiger partial charge in [0.1, 0.15) is 5.75 Å². The number of rotatable bonds is 7. The molecule has 0 fully saturated rings. The zero-order valence-electron chi connectivity index (χ0n) is 14.8. The van der Waals surface area contributed by atoms with Crippen LogP contribution in [0.2, 0.25) is 0 Å². The molecule has 0 heterocycles. The summed E-state index contributed by atoms with van der Waals surface area (Å²) in [5.41, 5.74) is 1.36. The van der Waals surface area contributed by atoms with E-state index in [1.165, 1.54) is 0 Å². The van der Waals surface area contributed by atoms with Crippen LogP contribution in [0, 0.1) is 0 Å². The summed E-state index contributed by atoms with van der Waals surface area (Å²) < 4.78 is 10.7. The van der Waals surface area contributed by atoms with Crippen LogP contribution in [0.5, 0.6) is 5.75 Å². The van der Waals surface area contributed by atoms with Gasteiger partial charge in [-0.15, -0.1) is 0 Å². The van der Waals surface area contributed by atoms with Gasteiger partial charge in [0.15, 0.2) is 0 Å². The number of nitrogens with zero attached hydrogens (tertiary/aromatic N) is 1. The number of hydrogen-bond donors (Lipinski definition) is 0. The van der Waals surface area contributed by atoms with Crippen molar-refractivity contribution < 1.29 is 19.1 Å². The number of anilines is 1. The minimum absolute atomic E-state index is 0.219. The molecule has 0 saturated heterocycles. The first-order valence-electron chi connectivity index (χ1n) is 8.43. The third kappa shape index (κ3) is 4.18. The number of hydrogen-bond acceptors (Lipinski definition) is 4. The van der Waals surface area contributed by atoms with Gasteiger partial charge in [0.2, 0.25) is 0 Å². The van der Waals surface area contributed by atoms with Gasteiger partial charge in [-0.2, -0.15) is 0 Å². The molecule has 0 aromatic heterocycles. The van der Waals surface area contributed by atoms with Gasteiger partial charge in [-0.05, 0) is 45.0 Å². The summed E-state index contributed by atoms with van der Waals surface area (Å²) in [4.78, 5) is 26.9. The van der Waals surface area contributed by atoms with Crippen LogP contribution in [0.4, 0.5) is 5.69 Å². The van der Waals surface area contributed by atoms with E-state index in [9.17, 15) is 9.59 Å². The van der Waals surface area contributed by atoms with E-state index in [0.717, 1.165) is 0 Å². The number of para-hydroxylation sites is 2. The predicted octanol–water partition coefficient (Wildman–Crippen LogP) is 3.93. The molecule has 132 valence electrons. The summed E-state index contributed by atoms with van der Waals surface area (Å²) in [7, 11) is 0. The van der Waals surface area contributed by atoms with E-state index in [0.29, 0.717) is 35.7 Å². The van der Waals surface area contributed by atoms with E-state index < -0.39 is 5.97 Å². The molecular weight excluding hydrogens is 318 g/mol. The molecule has 0 aliphatic rings. The van der Waals surface area contributed by atoms with E-state index in [1.54, 1.807) is 54.3 Å².